The minimum atomic E-state index is 0.558. The van der Waals surface area contributed by atoms with Crippen molar-refractivity contribution in [1.29, 1.82) is 0 Å². The maximum Gasteiger partial charge on any atom is 0.168 e. The molecule has 0 aromatic carbocycles. The molecule has 0 radical (unpaired) electrons. The molecule has 1 unspecified atom stereocenters. The lowest BCUT2D eigenvalue weighted by atomic mass is 10.2. The maximum atomic E-state index is 10.7. The van der Waals surface area contributed by atoms with E-state index in [2.05, 4.69) is 16.9 Å². The Kier molecular flexibility index (Phi) is 2.63. The van der Waals surface area contributed by atoms with Crippen molar-refractivity contribution in [3.8, 4) is 0 Å². The standard InChI is InChI=1S/C10H15N3O/c1-12-4-2-3-9(12)6-13-8-11-5-10(13)7-14/h5,7-9H,2-4,6H2,1H3. The minimum absolute atomic E-state index is 0.558. The molecule has 0 N–H and O–H groups in total. The highest BCUT2D eigenvalue weighted by molar-refractivity contribution is 5.71. The predicted molar refractivity (Wildman–Crippen MR) is 53.3 cm³/mol. The molecular formula is C10H15N3O. The van der Waals surface area contributed by atoms with Crippen LogP contribution in [0, 0.1) is 0 Å². The van der Waals surface area contributed by atoms with Crippen LogP contribution in [0.25, 0.3) is 0 Å². The zero-order valence-electron chi connectivity index (χ0n) is 8.39. The molecule has 14 heavy (non-hydrogen) atoms. The molecule has 1 saturated heterocycles. The van der Waals surface area contributed by atoms with Gasteiger partial charge in [-0.25, -0.2) is 4.98 Å². The van der Waals surface area contributed by atoms with E-state index >= 15 is 0 Å². The van der Waals surface area contributed by atoms with Crippen molar-refractivity contribution in [2.75, 3.05) is 13.6 Å². The monoisotopic (exact) mass is 193 g/mol. The van der Waals surface area contributed by atoms with E-state index < -0.39 is 0 Å². The van der Waals surface area contributed by atoms with Crippen molar-refractivity contribution < 1.29 is 4.79 Å². The lowest BCUT2D eigenvalue weighted by molar-refractivity contribution is 0.111. The summed E-state index contributed by atoms with van der Waals surface area (Å²) in [6.45, 7) is 2.04. The average Bonchev–Trinajstić information content (AvgIpc) is 2.77. The second-order valence-corrected chi connectivity index (χ2v) is 3.87. The van der Waals surface area contributed by atoms with Crippen LogP contribution in [0.2, 0.25) is 0 Å². The third-order valence-electron chi connectivity index (χ3n) is 2.94. The van der Waals surface area contributed by atoms with Gasteiger partial charge >= 0.3 is 0 Å². The molecule has 1 fully saturated rings. The molecule has 0 bridgehead atoms. The summed E-state index contributed by atoms with van der Waals surface area (Å²) >= 11 is 0. The van der Waals surface area contributed by atoms with Crippen LogP contribution in [0.4, 0.5) is 0 Å². The molecule has 1 atom stereocenters. The van der Waals surface area contributed by atoms with Gasteiger partial charge in [0.25, 0.3) is 0 Å². The largest absolute Gasteiger partial charge is 0.327 e. The number of carbonyl (C=O) groups excluding carboxylic acids is 1. The zero-order valence-corrected chi connectivity index (χ0v) is 8.39. The summed E-state index contributed by atoms with van der Waals surface area (Å²) in [5.41, 5.74) is 0.672. The molecule has 2 rings (SSSR count). The first-order valence-electron chi connectivity index (χ1n) is 4.97. The number of nitrogens with zero attached hydrogens (tertiary/aromatic N) is 3. The average molecular weight is 193 g/mol. The third kappa shape index (κ3) is 1.70. The fourth-order valence-electron chi connectivity index (χ4n) is 2.02. The van der Waals surface area contributed by atoms with Crippen LogP contribution in [0.3, 0.4) is 0 Å². The first-order chi connectivity index (χ1) is 6.81. The van der Waals surface area contributed by atoms with E-state index in [0.29, 0.717) is 11.7 Å². The summed E-state index contributed by atoms with van der Waals surface area (Å²) in [5.74, 6) is 0. The smallest absolute Gasteiger partial charge is 0.168 e. The van der Waals surface area contributed by atoms with Gasteiger partial charge in [-0.3, -0.25) is 4.79 Å². The van der Waals surface area contributed by atoms with Gasteiger partial charge < -0.3 is 9.47 Å². The highest BCUT2D eigenvalue weighted by atomic mass is 16.1. The van der Waals surface area contributed by atoms with Gasteiger partial charge in [0.15, 0.2) is 6.29 Å². The Bertz CT molecular complexity index is 321. The molecule has 4 heteroatoms. The van der Waals surface area contributed by atoms with Crippen molar-refractivity contribution in [3.63, 3.8) is 0 Å². The van der Waals surface area contributed by atoms with E-state index in [9.17, 15) is 4.79 Å². The zero-order chi connectivity index (χ0) is 9.97. The fraction of sp³-hybridized carbons (Fsp3) is 0.600. The Morgan fingerprint density at radius 2 is 2.57 bits per heavy atom. The van der Waals surface area contributed by atoms with Crippen molar-refractivity contribution >= 4 is 6.29 Å². The van der Waals surface area contributed by atoms with Crippen molar-refractivity contribution in [3.05, 3.63) is 18.2 Å². The van der Waals surface area contributed by atoms with Gasteiger partial charge in [0.2, 0.25) is 0 Å². The van der Waals surface area contributed by atoms with E-state index in [1.165, 1.54) is 12.8 Å². The van der Waals surface area contributed by atoms with Gasteiger partial charge in [0, 0.05) is 12.6 Å². The van der Waals surface area contributed by atoms with E-state index in [4.69, 9.17) is 0 Å². The number of hydrogen-bond acceptors (Lipinski definition) is 3. The first-order valence-corrected chi connectivity index (χ1v) is 4.97. The topological polar surface area (TPSA) is 38.1 Å². The van der Waals surface area contributed by atoms with Crippen molar-refractivity contribution in [2.45, 2.75) is 25.4 Å². The highest BCUT2D eigenvalue weighted by Crippen LogP contribution is 2.16. The summed E-state index contributed by atoms with van der Waals surface area (Å²) in [6.07, 6.45) is 6.68. The van der Waals surface area contributed by atoms with Gasteiger partial charge in [-0.15, -0.1) is 0 Å². The second kappa shape index (κ2) is 3.92. The summed E-state index contributed by atoms with van der Waals surface area (Å²) in [4.78, 5) is 17.0. The summed E-state index contributed by atoms with van der Waals surface area (Å²) < 4.78 is 1.93. The molecule has 1 aromatic heterocycles. The van der Waals surface area contributed by atoms with Crippen LogP contribution in [0.15, 0.2) is 12.5 Å². The molecule has 76 valence electrons. The molecule has 1 aliphatic rings. The molecule has 2 heterocycles. The van der Waals surface area contributed by atoms with E-state index in [1.807, 2.05) is 4.57 Å². The number of carbonyl (C=O) groups is 1. The van der Waals surface area contributed by atoms with E-state index in [0.717, 1.165) is 19.4 Å². The van der Waals surface area contributed by atoms with Crippen LogP contribution >= 0.6 is 0 Å². The van der Waals surface area contributed by atoms with E-state index in [-0.39, 0.29) is 0 Å². The molecule has 0 spiro atoms. The Balaban J connectivity index is 2.06. The van der Waals surface area contributed by atoms with Gasteiger partial charge in [0.1, 0.15) is 5.69 Å². The van der Waals surface area contributed by atoms with Crippen molar-refractivity contribution in [2.24, 2.45) is 0 Å². The van der Waals surface area contributed by atoms with Crippen LogP contribution < -0.4 is 0 Å². The minimum Gasteiger partial charge on any atom is -0.327 e. The molecule has 0 saturated carbocycles. The number of likely N-dealkylation sites (tertiary alicyclic amines) is 1. The Labute approximate surface area is 83.5 Å². The van der Waals surface area contributed by atoms with Crippen LogP contribution in [0.1, 0.15) is 23.3 Å². The molecule has 1 aliphatic heterocycles. The molecular weight excluding hydrogens is 178 g/mol. The van der Waals surface area contributed by atoms with Gasteiger partial charge in [-0.2, -0.15) is 0 Å². The molecule has 0 aliphatic carbocycles. The first kappa shape index (κ1) is 9.40. The lowest BCUT2D eigenvalue weighted by Crippen LogP contribution is -2.29. The van der Waals surface area contributed by atoms with Gasteiger partial charge in [-0.1, -0.05) is 0 Å². The predicted octanol–water partition coefficient (Wildman–Crippen LogP) is 0.790. The normalized spacial score (nSPS) is 22.8. The summed E-state index contributed by atoms with van der Waals surface area (Å²) in [6, 6.07) is 0.558. The number of rotatable bonds is 3. The molecule has 1 aromatic rings. The molecule has 4 nitrogen and oxygen atoms in total. The Morgan fingerprint density at radius 3 is 3.21 bits per heavy atom. The number of likely N-dealkylation sites (N-methyl/N-ethyl adjacent to an activating group) is 1. The van der Waals surface area contributed by atoms with Crippen LogP contribution in [0.5, 0.6) is 0 Å². The number of aldehydes is 1. The number of aromatic nitrogens is 2. The van der Waals surface area contributed by atoms with Gasteiger partial charge in [-0.05, 0) is 26.4 Å². The lowest BCUT2D eigenvalue weighted by Gasteiger charge is -2.20. The SMILES string of the molecule is CN1CCCC1Cn1cncc1C=O. The van der Waals surface area contributed by atoms with Crippen LogP contribution in [-0.4, -0.2) is 40.4 Å². The van der Waals surface area contributed by atoms with E-state index in [1.54, 1.807) is 12.5 Å². The fourth-order valence-corrected chi connectivity index (χ4v) is 2.02. The van der Waals surface area contributed by atoms with Crippen molar-refractivity contribution in [1.82, 2.24) is 14.5 Å². The quantitative estimate of drug-likeness (QED) is 0.666. The number of imidazole rings is 1. The highest BCUT2D eigenvalue weighted by Gasteiger charge is 2.21. The summed E-state index contributed by atoms with van der Waals surface area (Å²) in [7, 11) is 2.13. The Hall–Kier alpha value is -1.16. The molecule has 0 amide bonds. The number of hydrogen-bond donors (Lipinski definition) is 0. The van der Waals surface area contributed by atoms with Crippen LogP contribution in [-0.2, 0) is 6.54 Å². The Morgan fingerprint density at radius 1 is 1.71 bits per heavy atom. The maximum absolute atomic E-state index is 10.7. The summed E-state index contributed by atoms with van der Waals surface area (Å²) in [5, 5.41) is 0. The third-order valence-corrected chi connectivity index (χ3v) is 2.94. The second-order valence-electron chi connectivity index (χ2n) is 3.87. The van der Waals surface area contributed by atoms with Gasteiger partial charge in [0.05, 0.1) is 12.5 Å².